The van der Waals surface area contributed by atoms with Gasteiger partial charge in [0, 0.05) is 48.6 Å². The first-order valence-electron chi connectivity index (χ1n) is 14.1. The molecule has 1 N–H and O–H groups in total. The second-order valence-electron chi connectivity index (χ2n) is 11.2. The third-order valence-corrected chi connectivity index (χ3v) is 8.79. The first-order valence-corrected chi connectivity index (χ1v) is 14.1. The number of H-pyrrole nitrogens is 1. The number of hydrogen-bond donors (Lipinski definition) is 1. The van der Waals surface area contributed by atoms with Crippen molar-refractivity contribution in [3.8, 4) is 22.5 Å². The molecule has 3 aliphatic rings. The first kappa shape index (κ1) is 24.4. The maximum absolute atomic E-state index is 13.1. The molecule has 7 rings (SSSR count). The lowest BCUT2D eigenvalue weighted by atomic mass is 9.97. The number of benzene rings is 1. The van der Waals surface area contributed by atoms with Crippen molar-refractivity contribution in [2.45, 2.75) is 44.6 Å². The van der Waals surface area contributed by atoms with Crippen LogP contribution < -0.4 is 0 Å². The summed E-state index contributed by atoms with van der Waals surface area (Å²) in [6.07, 6.45) is 6.30. The van der Waals surface area contributed by atoms with Gasteiger partial charge in [0.25, 0.3) is 0 Å². The lowest BCUT2D eigenvalue weighted by molar-refractivity contribution is -0.141. The molecule has 0 saturated carbocycles. The van der Waals surface area contributed by atoms with E-state index in [1.54, 1.807) is 0 Å². The number of fused-ring (bicyclic) bond motifs is 2. The van der Waals surface area contributed by atoms with Crippen LogP contribution >= 0.6 is 0 Å². The van der Waals surface area contributed by atoms with Gasteiger partial charge in [0.05, 0.1) is 24.4 Å². The van der Waals surface area contributed by atoms with Crippen molar-refractivity contribution in [2.75, 3.05) is 39.9 Å². The van der Waals surface area contributed by atoms with E-state index in [0.29, 0.717) is 19.8 Å². The number of ether oxygens (including phenoxy) is 1. The number of nitrogens with zero attached hydrogens (tertiary/aromatic N) is 5. The minimum Gasteiger partial charge on any atom is -0.378 e. The van der Waals surface area contributed by atoms with Gasteiger partial charge in [-0.1, -0.05) is 18.2 Å². The van der Waals surface area contributed by atoms with Gasteiger partial charge < -0.3 is 9.64 Å². The van der Waals surface area contributed by atoms with E-state index in [1.807, 2.05) is 18.1 Å². The number of rotatable bonds is 4. The van der Waals surface area contributed by atoms with Crippen LogP contribution in [0.1, 0.15) is 41.1 Å². The van der Waals surface area contributed by atoms with Crippen molar-refractivity contribution in [2.24, 2.45) is 0 Å². The third-order valence-electron chi connectivity index (χ3n) is 8.79. The Kier molecular flexibility index (Phi) is 6.16. The largest absolute Gasteiger partial charge is 0.378 e. The molecule has 2 atom stereocenters. The number of likely N-dealkylation sites (tertiary alicyclic amines) is 1. The number of aromatic nitrogens is 4. The Morgan fingerprint density at radius 1 is 1.13 bits per heavy atom. The quantitative estimate of drug-likeness (QED) is 0.434. The summed E-state index contributed by atoms with van der Waals surface area (Å²) in [5.74, 6) is 0.404. The van der Waals surface area contributed by atoms with Gasteiger partial charge in [-0.25, -0.2) is 4.98 Å². The Morgan fingerprint density at radius 2 is 2.05 bits per heavy atom. The fraction of sp³-hybridized carbons (Fsp3) is 0.419. The minimum absolute atomic E-state index is 0.167. The second kappa shape index (κ2) is 9.84. The van der Waals surface area contributed by atoms with Gasteiger partial charge in [-0.2, -0.15) is 5.10 Å². The molecule has 1 aliphatic carbocycles. The SMILES string of the molecule is Cc1cc2[nH]nc(-c3ccc(C4CCN(C(=O)C5COCCN5C)C4)nc3)c2nc1-c1cccc2c1CCC2. The van der Waals surface area contributed by atoms with Crippen molar-refractivity contribution in [3.05, 3.63) is 65.0 Å². The van der Waals surface area contributed by atoms with Crippen LogP contribution in [0.3, 0.4) is 0 Å². The van der Waals surface area contributed by atoms with Crippen LogP contribution in [-0.2, 0) is 22.4 Å². The average Bonchev–Trinajstić information content (AvgIpc) is 3.72. The fourth-order valence-electron chi connectivity index (χ4n) is 6.51. The summed E-state index contributed by atoms with van der Waals surface area (Å²) >= 11 is 0. The van der Waals surface area contributed by atoms with Gasteiger partial charge in [0.15, 0.2) is 0 Å². The summed E-state index contributed by atoms with van der Waals surface area (Å²) in [7, 11) is 2.00. The van der Waals surface area contributed by atoms with Gasteiger partial charge in [-0.3, -0.25) is 19.8 Å². The number of amides is 1. The molecular formula is C31H34N6O2. The molecule has 200 valence electrons. The number of likely N-dealkylation sites (N-methyl/N-ethyl adjacent to an activating group) is 1. The van der Waals surface area contributed by atoms with Crippen LogP contribution in [0, 0.1) is 6.92 Å². The fourth-order valence-corrected chi connectivity index (χ4v) is 6.51. The number of nitrogens with one attached hydrogen (secondary N) is 1. The zero-order chi connectivity index (χ0) is 26.5. The van der Waals surface area contributed by atoms with Crippen LogP contribution in [0.4, 0.5) is 0 Å². The Hall–Kier alpha value is -3.62. The summed E-state index contributed by atoms with van der Waals surface area (Å²) in [6.45, 7) is 5.55. The predicted octanol–water partition coefficient (Wildman–Crippen LogP) is 4.13. The minimum atomic E-state index is -0.182. The number of aromatic amines is 1. The van der Waals surface area contributed by atoms with Crippen LogP contribution in [0.15, 0.2) is 42.6 Å². The number of hydrogen-bond acceptors (Lipinski definition) is 6. The van der Waals surface area contributed by atoms with Crippen molar-refractivity contribution in [3.63, 3.8) is 0 Å². The van der Waals surface area contributed by atoms with Gasteiger partial charge in [-0.05, 0) is 74.5 Å². The molecular weight excluding hydrogens is 488 g/mol. The van der Waals surface area contributed by atoms with Crippen LogP contribution in [0.5, 0.6) is 0 Å². The summed E-state index contributed by atoms with van der Waals surface area (Å²) < 4.78 is 5.57. The monoisotopic (exact) mass is 522 g/mol. The smallest absolute Gasteiger partial charge is 0.242 e. The van der Waals surface area contributed by atoms with Crippen LogP contribution in [0.2, 0.25) is 0 Å². The van der Waals surface area contributed by atoms with E-state index >= 15 is 0 Å². The van der Waals surface area contributed by atoms with Gasteiger partial charge in [0.2, 0.25) is 5.91 Å². The molecule has 3 aromatic heterocycles. The lowest BCUT2D eigenvalue weighted by Gasteiger charge is -2.33. The van der Waals surface area contributed by atoms with E-state index in [4.69, 9.17) is 14.7 Å². The van der Waals surface area contributed by atoms with Crippen molar-refractivity contribution < 1.29 is 9.53 Å². The second-order valence-corrected chi connectivity index (χ2v) is 11.2. The highest BCUT2D eigenvalue weighted by atomic mass is 16.5. The third kappa shape index (κ3) is 4.32. The van der Waals surface area contributed by atoms with Gasteiger partial charge >= 0.3 is 0 Å². The number of carbonyl (C=O) groups excluding carboxylic acids is 1. The van der Waals surface area contributed by atoms with Gasteiger partial charge in [0.1, 0.15) is 17.3 Å². The van der Waals surface area contributed by atoms with Crippen molar-refractivity contribution in [1.29, 1.82) is 0 Å². The lowest BCUT2D eigenvalue weighted by Crippen LogP contribution is -2.52. The molecule has 8 nitrogen and oxygen atoms in total. The van der Waals surface area contributed by atoms with Crippen LogP contribution in [0.25, 0.3) is 33.5 Å². The van der Waals surface area contributed by atoms with E-state index in [1.165, 1.54) is 23.1 Å². The molecule has 2 unspecified atom stereocenters. The molecule has 2 aliphatic heterocycles. The molecule has 8 heteroatoms. The van der Waals surface area contributed by atoms with E-state index in [-0.39, 0.29) is 17.9 Å². The zero-order valence-electron chi connectivity index (χ0n) is 22.6. The standard InChI is InChI=1S/C31H34N6O2/c1-19-15-26-30(33-28(19)24-8-4-6-20-5-3-7-23(20)24)29(35-34-26)21-9-10-25(32-16-21)22-11-12-37(17-22)31(38)27-18-39-14-13-36(27)2/h4,6,8-10,15-16,22,27H,3,5,7,11-14,17-18H2,1-2H3,(H,34,35). The zero-order valence-corrected chi connectivity index (χ0v) is 22.6. The van der Waals surface area contributed by atoms with E-state index in [2.05, 4.69) is 58.4 Å². The topological polar surface area (TPSA) is 87.2 Å². The Morgan fingerprint density at radius 3 is 2.90 bits per heavy atom. The Balaban J connectivity index is 1.13. The molecule has 1 aromatic carbocycles. The number of carbonyl (C=O) groups is 1. The van der Waals surface area contributed by atoms with E-state index in [0.717, 1.165) is 71.6 Å². The summed E-state index contributed by atoms with van der Waals surface area (Å²) in [5.41, 5.74) is 10.9. The molecule has 0 radical (unpaired) electrons. The molecule has 39 heavy (non-hydrogen) atoms. The van der Waals surface area contributed by atoms with E-state index < -0.39 is 0 Å². The number of aryl methyl sites for hydroxylation is 2. The summed E-state index contributed by atoms with van der Waals surface area (Å²) in [5, 5.41) is 7.82. The molecule has 5 heterocycles. The van der Waals surface area contributed by atoms with Gasteiger partial charge in [-0.15, -0.1) is 0 Å². The maximum Gasteiger partial charge on any atom is 0.242 e. The molecule has 0 bridgehead atoms. The Bertz CT molecular complexity index is 1540. The van der Waals surface area contributed by atoms with Crippen molar-refractivity contribution in [1.82, 2.24) is 30.0 Å². The molecule has 2 saturated heterocycles. The van der Waals surface area contributed by atoms with Crippen LogP contribution in [-0.4, -0.2) is 81.8 Å². The molecule has 4 aromatic rings. The highest BCUT2D eigenvalue weighted by Gasteiger charge is 2.35. The summed E-state index contributed by atoms with van der Waals surface area (Å²) in [4.78, 5) is 27.2. The molecule has 0 spiro atoms. The molecule has 1 amide bonds. The predicted molar refractivity (Wildman–Crippen MR) is 150 cm³/mol. The van der Waals surface area contributed by atoms with E-state index in [9.17, 15) is 4.79 Å². The average molecular weight is 523 g/mol. The normalized spacial score (nSPS) is 21.5. The highest BCUT2D eigenvalue weighted by Crippen LogP contribution is 2.36. The maximum atomic E-state index is 13.1. The first-order chi connectivity index (χ1) is 19.1. The summed E-state index contributed by atoms with van der Waals surface area (Å²) in [6, 6.07) is 12.8. The highest BCUT2D eigenvalue weighted by molar-refractivity contribution is 5.92. The van der Waals surface area contributed by atoms with Crippen molar-refractivity contribution >= 4 is 16.9 Å². The number of pyridine rings is 2. The Labute approximate surface area is 228 Å². The molecule has 2 fully saturated rings. The number of morpholine rings is 1.